The fraction of sp³-hybridized carbons (Fsp3) is 0.941. The van der Waals surface area contributed by atoms with E-state index in [0.717, 1.165) is 30.8 Å². The van der Waals surface area contributed by atoms with Crippen LogP contribution in [0.1, 0.15) is 45.4 Å². The largest absolute Gasteiger partial charge is 0.481 e. The van der Waals surface area contributed by atoms with Gasteiger partial charge in [0.25, 0.3) is 0 Å². The van der Waals surface area contributed by atoms with Crippen molar-refractivity contribution >= 4 is 5.97 Å². The Morgan fingerprint density at radius 2 is 1.65 bits per heavy atom. The number of carboxylic acids is 1. The lowest BCUT2D eigenvalue weighted by Gasteiger charge is -2.57. The van der Waals surface area contributed by atoms with Crippen LogP contribution >= 0.6 is 0 Å². The molecule has 1 saturated heterocycles. The number of rotatable bonds is 3. The summed E-state index contributed by atoms with van der Waals surface area (Å²) in [6, 6.07) is 0. The highest BCUT2D eigenvalue weighted by atomic mass is 16.4. The van der Waals surface area contributed by atoms with Crippen molar-refractivity contribution in [2.75, 3.05) is 19.6 Å². The van der Waals surface area contributed by atoms with E-state index >= 15 is 0 Å². The number of nitrogens with zero attached hydrogens (tertiary/aromatic N) is 1. The molecule has 4 bridgehead atoms. The van der Waals surface area contributed by atoms with E-state index in [9.17, 15) is 9.90 Å². The average molecular weight is 277 g/mol. The summed E-state index contributed by atoms with van der Waals surface area (Å²) in [6.45, 7) is 5.08. The van der Waals surface area contributed by atoms with Crippen LogP contribution in [0.4, 0.5) is 0 Å². The highest BCUT2D eigenvalue weighted by molar-refractivity contribution is 5.71. The summed E-state index contributed by atoms with van der Waals surface area (Å²) < 4.78 is 0. The Morgan fingerprint density at radius 3 is 2.10 bits per heavy atom. The van der Waals surface area contributed by atoms with E-state index in [1.807, 2.05) is 0 Å². The summed E-state index contributed by atoms with van der Waals surface area (Å²) in [7, 11) is 0. The topological polar surface area (TPSA) is 40.5 Å². The minimum atomic E-state index is -0.592. The van der Waals surface area contributed by atoms with Gasteiger partial charge in [-0.3, -0.25) is 4.79 Å². The fourth-order valence-electron chi connectivity index (χ4n) is 6.48. The van der Waals surface area contributed by atoms with Gasteiger partial charge in [-0.15, -0.1) is 0 Å². The van der Waals surface area contributed by atoms with Crippen molar-refractivity contribution in [1.29, 1.82) is 0 Å². The minimum Gasteiger partial charge on any atom is -0.481 e. The lowest BCUT2D eigenvalue weighted by atomic mass is 9.49. The van der Waals surface area contributed by atoms with Crippen LogP contribution in [0.15, 0.2) is 0 Å². The van der Waals surface area contributed by atoms with Crippen molar-refractivity contribution in [2.45, 2.75) is 45.4 Å². The number of carbonyl (C=O) groups is 1. The highest BCUT2D eigenvalue weighted by Gasteiger charge is 2.52. The molecule has 3 heteroatoms. The Hall–Kier alpha value is -0.570. The second-order valence-corrected chi connectivity index (χ2v) is 8.53. The minimum absolute atomic E-state index is 0.135. The van der Waals surface area contributed by atoms with Gasteiger partial charge in [0.1, 0.15) is 0 Å². The predicted molar refractivity (Wildman–Crippen MR) is 77.3 cm³/mol. The van der Waals surface area contributed by atoms with Gasteiger partial charge >= 0.3 is 5.97 Å². The highest BCUT2D eigenvalue weighted by Crippen LogP contribution is 2.60. The second-order valence-electron chi connectivity index (χ2n) is 8.53. The maximum atomic E-state index is 11.3. The summed E-state index contributed by atoms with van der Waals surface area (Å²) in [5.74, 6) is 2.58. The molecule has 0 spiro atoms. The number of hydrogen-bond donors (Lipinski definition) is 1. The third-order valence-corrected chi connectivity index (χ3v) is 6.73. The Bertz CT molecular complexity index is 384. The zero-order chi connectivity index (χ0) is 13.9. The lowest BCUT2D eigenvalue weighted by molar-refractivity contribution is -0.142. The zero-order valence-corrected chi connectivity index (χ0v) is 12.6. The van der Waals surface area contributed by atoms with E-state index in [2.05, 4.69) is 11.8 Å². The first-order chi connectivity index (χ1) is 9.53. The Morgan fingerprint density at radius 1 is 1.10 bits per heavy atom. The van der Waals surface area contributed by atoms with Gasteiger partial charge in [-0.25, -0.2) is 0 Å². The van der Waals surface area contributed by atoms with Crippen LogP contribution in [0.5, 0.6) is 0 Å². The van der Waals surface area contributed by atoms with E-state index in [1.165, 1.54) is 45.1 Å². The zero-order valence-electron chi connectivity index (χ0n) is 12.6. The second kappa shape index (κ2) is 4.46. The van der Waals surface area contributed by atoms with Crippen LogP contribution in [0.25, 0.3) is 0 Å². The molecule has 1 heterocycles. The summed E-state index contributed by atoms with van der Waals surface area (Å²) in [5.41, 5.74) is 0.557. The normalized spacial score (nSPS) is 50.8. The molecule has 0 amide bonds. The number of hydrogen-bond acceptors (Lipinski definition) is 2. The standard InChI is InChI=1S/C17H27NO2/c1-11-8-18(9-15(11)16(19)20)10-17-5-12-2-13(6-17)4-14(3-12)7-17/h11-15H,2-10H2,1H3,(H,19,20)/t11-,12?,13?,14?,15-,17?/m1/s1. The van der Waals surface area contributed by atoms with Gasteiger partial charge in [0, 0.05) is 19.6 Å². The SMILES string of the molecule is C[C@@H]1CN(CC23CC4CC(CC(C4)C2)C3)C[C@H]1C(=O)O. The molecule has 3 nitrogen and oxygen atoms in total. The molecule has 5 fully saturated rings. The summed E-state index contributed by atoms with van der Waals surface area (Å²) in [4.78, 5) is 13.8. The van der Waals surface area contributed by atoms with E-state index in [4.69, 9.17) is 0 Å². The van der Waals surface area contributed by atoms with Crippen molar-refractivity contribution in [1.82, 2.24) is 4.90 Å². The first kappa shape index (κ1) is 13.1. The van der Waals surface area contributed by atoms with Crippen LogP contribution in [-0.4, -0.2) is 35.6 Å². The molecule has 0 aromatic rings. The molecule has 1 aliphatic heterocycles. The maximum absolute atomic E-state index is 11.3. The lowest BCUT2D eigenvalue weighted by Crippen LogP contribution is -2.51. The first-order valence-corrected chi connectivity index (χ1v) is 8.48. The van der Waals surface area contributed by atoms with Crippen LogP contribution in [-0.2, 0) is 4.79 Å². The van der Waals surface area contributed by atoms with Crippen LogP contribution in [0, 0.1) is 35.0 Å². The van der Waals surface area contributed by atoms with Crippen LogP contribution in [0.3, 0.4) is 0 Å². The maximum Gasteiger partial charge on any atom is 0.308 e. The Kier molecular flexibility index (Phi) is 2.93. The molecule has 112 valence electrons. The molecule has 0 aromatic heterocycles. The van der Waals surface area contributed by atoms with Crippen molar-refractivity contribution < 1.29 is 9.90 Å². The van der Waals surface area contributed by atoms with Crippen molar-refractivity contribution in [3.8, 4) is 0 Å². The van der Waals surface area contributed by atoms with Gasteiger partial charge < -0.3 is 10.0 Å². The van der Waals surface area contributed by atoms with Crippen LogP contribution in [0.2, 0.25) is 0 Å². The molecule has 20 heavy (non-hydrogen) atoms. The van der Waals surface area contributed by atoms with Gasteiger partial charge in [-0.1, -0.05) is 6.92 Å². The molecule has 0 aromatic carbocycles. The van der Waals surface area contributed by atoms with Crippen LogP contribution < -0.4 is 0 Å². The van der Waals surface area contributed by atoms with E-state index in [-0.39, 0.29) is 5.92 Å². The van der Waals surface area contributed by atoms with E-state index in [1.54, 1.807) is 0 Å². The summed E-state index contributed by atoms with van der Waals surface area (Å²) in [6.07, 6.45) is 8.78. The summed E-state index contributed by atoms with van der Waals surface area (Å²) >= 11 is 0. The Labute approximate surface area is 121 Å². The van der Waals surface area contributed by atoms with Gasteiger partial charge in [0.05, 0.1) is 5.92 Å². The number of carboxylic acid groups (broad SMARTS) is 1. The van der Waals surface area contributed by atoms with Gasteiger partial charge in [0.15, 0.2) is 0 Å². The van der Waals surface area contributed by atoms with Crippen molar-refractivity contribution in [2.24, 2.45) is 35.0 Å². The fourth-order valence-corrected chi connectivity index (χ4v) is 6.48. The molecule has 2 atom stereocenters. The Balaban J connectivity index is 1.46. The molecule has 1 N–H and O–H groups in total. The smallest absolute Gasteiger partial charge is 0.308 e. The quantitative estimate of drug-likeness (QED) is 0.862. The molecular weight excluding hydrogens is 250 g/mol. The molecule has 5 rings (SSSR count). The van der Waals surface area contributed by atoms with Gasteiger partial charge in [0.2, 0.25) is 0 Å². The first-order valence-electron chi connectivity index (χ1n) is 8.48. The molecule has 5 aliphatic rings. The third-order valence-electron chi connectivity index (χ3n) is 6.73. The predicted octanol–water partition coefficient (Wildman–Crippen LogP) is 2.86. The molecule has 0 radical (unpaired) electrons. The van der Waals surface area contributed by atoms with Crippen molar-refractivity contribution in [3.63, 3.8) is 0 Å². The molecule has 4 saturated carbocycles. The van der Waals surface area contributed by atoms with Gasteiger partial charge in [-0.2, -0.15) is 0 Å². The number of aliphatic carboxylic acids is 1. The molecular formula is C17H27NO2. The molecule has 0 unspecified atom stereocenters. The summed E-state index contributed by atoms with van der Waals surface area (Å²) in [5, 5.41) is 9.30. The van der Waals surface area contributed by atoms with E-state index < -0.39 is 5.97 Å². The average Bonchev–Trinajstić information content (AvgIpc) is 2.67. The van der Waals surface area contributed by atoms with E-state index in [0.29, 0.717) is 11.3 Å². The van der Waals surface area contributed by atoms with Crippen molar-refractivity contribution in [3.05, 3.63) is 0 Å². The third kappa shape index (κ3) is 2.09. The monoisotopic (exact) mass is 277 g/mol. The van der Waals surface area contributed by atoms with Gasteiger partial charge in [-0.05, 0) is 67.6 Å². The molecule has 4 aliphatic carbocycles. The number of likely N-dealkylation sites (tertiary alicyclic amines) is 1.